The Morgan fingerprint density at radius 2 is 2.07 bits per heavy atom. The SMILES string of the molecule is CCC1CCCCN1C(=O)c1cnc2nc(C)ccc2c1Nc1ccc(C)c(F)c1. The van der Waals surface area contributed by atoms with Crippen LogP contribution in [-0.2, 0) is 0 Å². The molecule has 1 atom stereocenters. The van der Waals surface area contributed by atoms with Crippen LogP contribution in [0.15, 0.2) is 36.5 Å². The zero-order valence-electron chi connectivity index (χ0n) is 17.7. The first kappa shape index (κ1) is 20.3. The van der Waals surface area contributed by atoms with E-state index >= 15 is 0 Å². The summed E-state index contributed by atoms with van der Waals surface area (Å²) in [6.45, 7) is 6.50. The molecule has 156 valence electrons. The summed E-state index contributed by atoms with van der Waals surface area (Å²) in [6.07, 6.45) is 5.71. The lowest BCUT2D eigenvalue weighted by molar-refractivity contribution is 0.0609. The van der Waals surface area contributed by atoms with Crippen LogP contribution in [0.5, 0.6) is 0 Å². The molecule has 3 aromatic rings. The average molecular weight is 407 g/mol. The van der Waals surface area contributed by atoms with Crippen LogP contribution in [-0.4, -0.2) is 33.4 Å². The summed E-state index contributed by atoms with van der Waals surface area (Å²) in [5.41, 5.74) is 3.70. The Morgan fingerprint density at radius 1 is 1.23 bits per heavy atom. The molecule has 3 heterocycles. The number of nitrogens with zero attached hydrogens (tertiary/aromatic N) is 3. The summed E-state index contributed by atoms with van der Waals surface area (Å²) < 4.78 is 14.2. The number of hydrogen-bond donors (Lipinski definition) is 1. The molecule has 1 aliphatic rings. The van der Waals surface area contributed by atoms with E-state index in [1.54, 1.807) is 19.2 Å². The van der Waals surface area contributed by atoms with Crippen molar-refractivity contribution in [2.24, 2.45) is 0 Å². The molecule has 0 saturated carbocycles. The number of aromatic nitrogens is 2. The second kappa shape index (κ2) is 8.38. The van der Waals surface area contributed by atoms with Crippen molar-refractivity contribution in [2.75, 3.05) is 11.9 Å². The molecule has 1 fully saturated rings. The first-order valence-corrected chi connectivity index (χ1v) is 10.6. The lowest BCUT2D eigenvalue weighted by Crippen LogP contribution is -2.43. The number of anilines is 2. The highest BCUT2D eigenvalue weighted by Gasteiger charge is 2.28. The summed E-state index contributed by atoms with van der Waals surface area (Å²) in [7, 11) is 0. The molecule has 0 radical (unpaired) electrons. The Bertz CT molecular complexity index is 1100. The number of amides is 1. The van der Waals surface area contributed by atoms with Crippen molar-refractivity contribution in [3.05, 3.63) is 59.2 Å². The van der Waals surface area contributed by atoms with Crippen molar-refractivity contribution in [3.8, 4) is 0 Å². The number of piperidine rings is 1. The summed E-state index contributed by atoms with van der Waals surface area (Å²) in [5, 5.41) is 4.04. The van der Waals surface area contributed by atoms with E-state index in [4.69, 9.17) is 0 Å². The molecule has 30 heavy (non-hydrogen) atoms. The quantitative estimate of drug-likeness (QED) is 0.619. The largest absolute Gasteiger partial charge is 0.354 e. The standard InChI is InChI=1S/C24H27FN4O/c1-4-18-7-5-6-12-29(18)24(30)20-14-26-23-19(11-9-16(3)27-23)22(20)28-17-10-8-15(2)21(25)13-17/h8-11,13-14,18H,4-7,12H2,1-3H3,(H,26,27,28). The summed E-state index contributed by atoms with van der Waals surface area (Å²) in [5.74, 6) is -0.325. The highest BCUT2D eigenvalue weighted by Crippen LogP contribution is 2.32. The molecule has 2 aromatic heterocycles. The Hall–Kier alpha value is -3.02. The zero-order chi connectivity index (χ0) is 21.3. The predicted molar refractivity (Wildman–Crippen MR) is 118 cm³/mol. The Morgan fingerprint density at radius 3 is 2.83 bits per heavy atom. The number of benzene rings is 1. The summed E-state index contributed by atoms with van der Waals surface area (Å²) in [6, 6.07) is 9.05. The molecule has 1 aromatic carbocycles. The van der Waals surface area contributed by atoms with E-state index in [9.17, 15) is 9.18 Å². The topological polar surface area (TPSA) is 58.1 Å². The van der Waals surface area contributed by atoms with Gasteiger partial charge in [-0.2, -0.15) is 0 Å². The third-order valence-electron chi connectivity index (χ3n) is 5.90. The van der Waals surface area contributed by atoms with Crippen LogP contribution in [0.25, 0.3) is 11.0 Å². The Labute approximate surface area is 176 Å². The van der Waals surface area contributed by atoms with Crippen molar-refractivity contribution in [3.63, 3.8) is 0 Å². The number of pyridine rings is 2. The van der Waals surface area contributed by atoms with Gasteiger partial charge in [0.1, 0.15) is 5.82 Å². The van der Waals surface area contributed by atoms with Crippen LogP contribution in [0.2, 0.25) is 0 Å². The fourth-order valence-corrected chi connectivity index (χ4v) is 4.13. The molecule has 5 nitrogen and oxygen atoms in total. The molecule has 1 unspecified atom stereocenters. The minimum absolute atomic E-state index is 0.0355. The number of rotatable bonds is 4. The van der Waals surface area contributed by atoms with Crippen LogP contribution < -0.4 is 5.32 Å². The van der Waals surface area contributed by atoms with Crippen molar-refractivity contribution in [1.29, 1.82) is 0 Å². The van der Waals surface area contributed by atoms with Gasteiger partial charge in [0.2, 0.25) is 0 Å². The third kappa shape index (κ3) is 3.86. The van der Waals surface area contributed by atoms with Crippen molar-refractivity contribution in [2.45, 2.75) is 52.5 Å². The molecule has 1 N–H and O–H groups in total. The van der Waals surface area contributed by atoms with Gasteiger partial charge in [0.25, 0.3) is 5.91 Å². The normalized spacial score (nSPS) is 16.7. The molecule has 1 amide bonds. The smallest absolute Gasteiger partial charge is 0.257 e. The van der Waals surface area contributed by atoms with Crippen molar-refractivity contribution >= 4 is 28.3 Å². The van der Waals surface area contributed by atoms with Crippen LogP contribution in [0.4, 0.5) is 15.8 Å². The highest BCUT2D eigenvalue weighted by molar-refractivity contribution is 6.07. The molecule has 1 aliphatic heterocycles. The summed E-state index contributed by atoms with van der Waals surface area (Å²) in [4.78, 5) is 24.5. The van der Waals surface area contributed by atoms with Gasteiger partial charge in [0.15, 0.2) is 5.65 Å². The monoisotopic (exact) mass is 406 g/mol. The fraction of sp³-hybridized carbons (Fsp3) is 0.375. The second-order valence-corrected chi connectivity index (χ2v) is 8.02. The minimum Gasteiger partial charge on any atom is -0.354 e. The number of hydrogen-bond acceptors (Lipinski definition) is 4. The number of carbonyl (C=O) groups excluding carboxylic acids is 1. The van der Waals surface area contributed by atoms with E-state index in [1.807, 2.05) is 30.0 Å². The van der Waals surface area contributed by atoms with Gasteiger partial charge in [-0.25, -0.2) is 14.4 Å². The minimum atomic E-state index is -0.290. The van der Waals surface area contributed by atoms with Crippen LogP contribution in [0.3, 0.4) is 0 Å². The van der Waals surface area contributed by atoms with E-state index in [0.717, 1.165) is 43.3 Å². The number of likely N-dealkylation sites (tertiary alicyclic amines) is 1. The highest BCUT2D eigenvalue weighted by atomic mass is 19.1. The van der Waals surface area contributed by atoms with Gasteiger partial charge < -0.3 is 10.2 Å². The number of nitrogens with one attached hydrogen (secondary N) is 1. The van der Waals surface area contributed by atoms with Gasteiger partial charge in [-0.1, -0.05) is 13.0 Å². The van der Waals surface area contributed by atoms with E-state index in [-0.39, 0.29) is 17.8 Å². The first-order chi connectivity index (χ1) is 14.5. The predicted octanol–water partition coefficient (Wildman–Crippen LogP) is 5.53. The van der Waals surface area contributed by atoms with Gasteiger partial charge in [-0.15, -0.1) is 0 Å². The maximum atomic E-state index is 14.2. The molecule has 1 saturated heterocycles. The van der Waals surface area contributed by atoms with Gasteiger partial charge in [0, 0.05) is 35.6 Å². The number of aryl methyl sites for hydroxylation is 2. The number of carbonyl (C=O) groups is 1. The fourth-order valence-electron chi connectivity index (χ4n) is 4.13. The molecule has 4 rings (SSSR count). The number of halogens is 1. The van der Waals surface area contributed by atoms with Gasteiger partial charge in [-0.3, -0.25) is 4.79 Å². The lowest BCUT2D eigenvalue weighted by atomic mass is 9.98. The van der Waals surface area contributed by atoms with Gasteiger partial charge in [-0.05, 0) is 69.4 Å². The van der Waals surface area contributed by atoms with E-state index in [1.165, 1.54) is 6.07 Å². The molecular formula is C24H27FN4O. The third-order valence-corrected chi connectivity index (χ3v) is 5.90. The molecule has 0 bridgehead atoms. The Balaban J connectivity index is 1.82. The van der Waals surface area contributed by atoms with Gasteiger partial charge in [0.05, 0.1) is 11.3 Å². The zero-order valence-corrected chi connectivity index (χ0v) is 17.7. The maximum absolute atomic E-state index is 14.2. The van der Waals surface area contributed by atoms with E-state index < -0.39 is 0 Å². The van der Waals surface area contributed by atoms with E-state index in [2.05, 4.69) is 22.2 Å². The molecule has 6 heteroatoms. The van der Waals surface area contributed by atoms with E-state index in [0.29, 0.717) is 28.1 Å². The first-order valence-electron chi connectivity index (χ1n) is 10.6. The Kier molecular flexibility index (Phi) is 5.66. The average Bonchev–Trinajstić information content (AvgIpc) is 2.75. The second-order valence-electron chi connectivity index (χ2n) is 8.02. The molecule has 0 aliphatic carbocycles. The van der Waals surface area contributed by atoms with Gasteiger partial charge >= 0.3 is 0 Å². The summed E-state index contributed by atoms with van der Waals surface area (Å²) >= 11 is 0. The maximum Gasteiger partial charge on any atom is 0.257 e. The molecular weight excluding hydrogens is 379 g/mol. The van der Waals surface area contributed by atoms with Crippen LogP contribution >= 0.6 is 0 Å². The van der Waals surface area contributed by atoms with Crippen molar-refractivity contribution in [1.82, 2.24) is 14.9 Å². The number of fused-ring (bicyclic) bond motifs is 1. The lowest BCUT2D eigenvalue weighted by Gasteiger charge is -2.35. The van der Waals surface area contributed by atoms with Crippen molar-refractivity contribution < 1.29 is 9.18 Å². The molecule has 0 spiro atoms. The van der Waals surface area contributed by atoms with Crippen LogP contribution in [0.1, 0.15) is 54.2 Å². The van der Waals surface area contributed by atoms with Crippen LogP contribution in [0, 0.1) is 19.7 Å².